The first-order valence-electron chi connectivity index (χ1n) is 9.11. The number of likely N-dealkylation sites (N-methyl/N-ethyl adjacent to an activating group) is 1. The predicted molar refractivity (Wildman–Crippen MR) is 105 cm³/mol. The highest BCUT2D eigenvalue weighted by atomic mass is 32.1. The van der Waals surface area contributed by atoms with Gasteiger partial charge in [0, 0.05) is 31.7 Å². The highest BCUT2D eigenvalue weighted by Gasteiger charge is 2.26. The van der Waals surface area contributed by atoms with E-state index >= 15 is 0 Å². The maximum absolute atomic E-state index is 12.6. The minimum atomic E-state index is 0.0675. The molecule has 2 heterocycles. The van der Waals surface area contributed by atoms with Gasteiger partial charge >= 0.3 is 0 Å². The quantitative estimate of drug-likeness (QED) is 0.795. The van der Waals surface area contributed by atoms with Crippen LogP contribution in [0.25, 0.3) is 0 Å². The molecule has 1 aromatic carbocycles. The number of methoxy groups -OCH3 is 1. The van der Waals surface area contributed by atoms with E-state index in [-0.39, 0.29) is 11.8 Å². The Morgan fingerprint density at radius 3 is 2.52 bits per heavy atom. The molecule has 144 valence electrons. The fourth-order valence-electron chi connectivity index (χ4n) is 3.28. The van der Waals surface area contributed by atoms with Crippen LogP contribution in [0.2, 0.25) is 0 Å². The molecule has 0 radical (unpaired) electrons. The fourth-order valence-corrected chi connectivity index (χ4v) is 3.97. The number of quaternary nitrogens is 1. The van der Waals surface area contributed by atoms with Crippen LogP contribution in [0, 0.1) is 0 Å². The van der Waals surface area contributed by atoms with E-state index < -0.39 is 0 Å². The number of hydrogen-bond acceptors (Lipinski definition) is 4. The van der Waals surface area contributed by atoms with Crippen molar-refractivity contribution in [2.24, 2.45) is 0 Å². The predicted octanol–water partition coefficient (Wildman–Crippen LogP) is 0.756. The molecule has 1 N–H and O–H groups in total. The second-order valence-corrected chi connectivity index (χ2v) is 7.76. The van der Waals surface area contributed by atoms with E-state index in [9.17, 15) is 9.59 Å². The smallest absolute Gasteiger partial charge is 0.277 e. The molecule has 1 saturated heterocycles. The minimum absolute atomic E-state index is 0.0675. The first kappa shape index (κ1) is 19.4. The Bertz CT molecular complexity index is 771. The second kappa shape index (κ2) is 9.01. The van der Waals surface area contributed by atoms with Crippen molar-refractivity contribution in [2.75, 3.05) is 46.9 Å². The average Bonchev–Trinajstić information content (AvgIpc) is 3.22. The van der Waals surface area contributed by atoms with Gasteiger partial charge in [-0.1, -0.05) is 18.2 Å². The van der Waals surface area contributed by atoms with Crippen molar-refractivity contribution in [2.45, 2.75) is 6.54 Å². The Morgan fingerprint density at radius 1 is 1.11 bits per heavy atom. The van der Waals surface area contributed by atoms with Gasteiger partial charge in [-0.2, -0.15) is 0 Å². The summed E-state index contributed by atoms with van der Waals surface area (Å²) in [6.07, 6.45) is 0. The number of thiophene rings is 1. The van der Waals surface area contributed by atoms with Crippen molar-refractivity contribution in [3.05, 3.63) is 52.2 Å². The number of ether oxygens (including phenoxy) is 1. The first-order valence-corrected chi connectivity index (χ1v) is 9.99. The third-order valence-corrected chi connectivity index (χ3v) is 5.60. The maximum Gasteiger partial charge on any atom is 0.277 e. The van der Waals surface area contributed by atoms with Crippen molar-refractivity contribution in [3.8, 4) is 5.75 Å². The number of hydrogen-bond donors (Lipinski definition) is 1. The molecule has 0 bridgehead atoms. The van der Waals surface area contributed by atoms with Gasteiger partial charge in [0.1, 0.15) is 12.3 Å². The zero-order valence-electron chi connectivity index (χ0n) is 15.8. The van der Waals surface area contributed by atoms with E-state index in [1.54, 1.807) is 7.11 Å². The van der Waals surface area contributed by atoms with E-state index in [0.717, 1.165) is 27.6 Å². The van der Waals surface area contributed by atoms with Crippen LogP contribution in [-0.2, 0) is 11.3 Å². The SMILES string of the molecule is COc1cccc(C[NH+](C)CC(=O)N2CCN(C(=O)c3cccs3)CC2)c1. The summed E-state index contributed by atoms with van der Waals surface area (Å²) in [5.41, 5.74) is 1.14. The van der Waals surface area contributed by atoms with Gasteiger partial charge in [-0.05, 0) is 23.6 Å². The number of piperazine rings is 1. The largest absolute Gasteiger partial charge is 0.497 e. The molecular weight excluding hydrogens is 362 g/mol. The molecule has 1 aromatic heterocycles. The Hall–Kier alpha value is -2.38. The van der Waals surface area contributed by atoms with Crippen molar-refractivity contribution in [3.63, 3.8) is 0 Å². The zero-order valence-corrected chi connectivity index (χ0v) is 16.6. The lowest BCUT2D eigenvalue weighted by Crippen LogP contribution is -3.09. The molecule has 7 heteroatoms. The normalized spacial score (nSPS) is 15.5. The standard InChI is InChI=1S/C20H25N3O3S/c1-21(14-16-5-3-6-17(13-16)26-2)15-19(24)22-8-10-23(11-9-22)20(25)18-7-4-12-27-18/h3-7,12-13H,8-11,14-15H2,1-2H3/p+1. The number of benzene rings is 1. The molecule has 1 unspecified atom stereocenters. The number of nitrogens with zero attached hydrogens (tertiary/aromatic N) is 2. The second-order valence-electron chi connectivity index (χ2n) is 6.81. The van der Waals surface area contributed by atoms with Gasteiger partial charge < -0.3 is 19.4 Å². The summed E-state index contributed by atoms with van der Waals surface area (Å²) in [4.78, 5) is 30.6. The highest BCUT2D eigenvalue weighted by Crippen LogP contribution is 2.14. The van der Waals surface area contributed by atoms with Gasteiger partial charge in [0.2, 0.25) is 0 Å². The van der Waals surface area contributed by atoms with Crippen LogP contribution in [0.15, 0.2) is 41.8 Å². The van der Waals surface area contributed by atoms with Gasteiger partial charge in [-0.25, -0.2) is 0 Å². The molecule has 0 aliphatic carbocycles. The Kier molecular flexibility index (Phi) is 6.47. The van der Waals surface area contributed by atoms with Gasteiger partial charge in [0.05, 0.1) is 19.0 Å². The third kappa shape index (κ3) is 5.08. The number of rotatable bonds is 6. The summed E-state index contributed by atoms with van der Waals surface area (Å²) >= 11 is 1.46. The number of carbonyl (C=O) groups is 2. The Balaban J connectivity index is 1.47. The monoisotopic (exact) mass is 388 g/mol. The molecule has 1 fully saturated rings. The van der Waals surface area contributed by atoms with Crippen molar-refractivity contribution in [1.82, 2.24) is 9.80 Å². The molecule has 0 spiro atoms. The fraction of sp³-hybridized carbons (Fsp3) is 0.400. The summed E-state index contributed by atoms with van der Waals surface area (Å²) in [5.74, 6) is 1.04. The summed E-state index contributed by atoms with van der Waals surface area (Å²) < 4.78 is 5.25. The Labute approximate surface area is 163 Å². The van der Waals surface area contributed by atoms with Crippen LogP contribution < -0.4 is 9.64 Å². The molecule has 3 rings (SSSR count). The third-order valence-electron chi connectivity index (χ3n) is 4.74. The summed E-state index contributed by atoms with van der Waals surface area (Å²) in [6.45, 7) is 3.59. The molecule has 2 aromatic rings. The molecule has 1 aliphatic rings. The van der Waals surface area contributed by atoms with E-state index in [1.807, 2.05) is 58.6 Å². The molecule has 1 aliphatic heterocycles. The van der Waals surface area contributed by atoms with Gasteiger partial charge in [0.25, 0.3) is 11.8 Å². The van der Waals surface area contributed by atoms with Crippen molar-refractivity contribution >= 4 is 23.2 Å². The number of amides is 2. The summed E-state index contributed by atoms with van der Waals surface area (Å²) in [7, 11) is 3.68. The van der Waals surface area contributed by atoms with E-state index in [0.29, 0.717) is 32.7 Å². The maximum atomic E-state index is 12.6. The lowest BCUT2D eigenvalue weighted by molar-refractivity contribution is -0.885. The van der Waals surface area contributed by atoms with Crippen LogP contribution in [0.3, 0.4) is 0 Å². The average molecular weight is 389 g/mol. The van der Waals surface area contributed by atoms with Crippen LogP contribution in [0.4, 0.5) is 0 Å². The number of carbonyl (C=O) groups excluding carboxylic acids is 2. The minimum Gasteiger partial charge on any atom is -0.497 e. The molecule has 6 nitrogen and oxygen atoms in total. The lowest BCUT2D eigenvalue weighted by Gasteiger charge is -2.34. The summed E-state index contributed by atoms with van der Waals surface area (Å²) in [5, 5.41) is 1.91. The lowest BCUT2D eigenvalue weighted by atomic mass is 10.2. The van der Waals surface area contributed by atoms with E-state index in [4.69, 9.17) is 4.74 Å². The van der Waals surface area contributed by atoms with Crippen molar-refractivity contribution < 1.29 is 19.2 Å². The number of nitrogens with one attached hydrogen (secondary N) is 1. The van der Waals surface area contributed by atoms with Crippen LogP contribution in [-0.4, -0.2) is 68.5 Å². The highest BCUT2D eigenvalue weighted by molar-refractivity contribution is 7.12. The molecule has 0 saturated carbocycles. The zero-order chi connectivity index (χ0) is 19.2. The van der Waals surface area contributed by atoms with Crippen LogP contribution >= 0.6 is 11.3 Å². The topological polar surface area (TPSA) is 54.3 Å². The summed E-state index contributed by atoms with van der Waals surface area (Å²) in [6, 6.07) is 11.7. The van der Waals surface area contributed by atoms with Crippen molar-refractivity contribution in [1.29, 1.82) is 0 Å². The van der Waals surface area contributed by atoms with E-state index in [1.165, 1.54) is 11.3 Å². The molecule has 2 amide bonds. The first-order chi connectivity index (χ1) is 13.1. The molecular formula is C20H26N3O3S+. The van der Waals surface area contributed by atoms with Gasteiger partial charge in [0.15, 0.2) is 6.54 Å². The van der Waals surface area contributed by atoms with Crippen LogP contribution in [0.1, 0.15) is 15.2 Å². The van der Waals surface area contributed by atoms with Gasteiger partial charge in [-0.15, -0.1) is 11.3 Å². The molecule has 1 atom stereocenters. The van der Waals surface area contributed by atoms with Gasteiger partial charge in [-0.3, -0.25) is 9.59 Å². The molecule has 27 heavy (non-hydrogen) atoms. The van der Waals surface area contributed by atoms with Crippen LogP contribution in [0.5, 0.6) is 5.75 Å². The Morgan fingerprint density at radius 2 is 1.85 bits per heavy atom. The van der Waals surface area contributed by atoms with E-state index in [2.05, 4.69) is 0 Å².